The summed E-state index contributed by atoms with van der Waals surface area (Å²) in [6, 6.07) is 0.687. The Hall–Kier alpha value is -0.0800. The van der Waals surface area contributed by atoms with Gasteiger partial charge < -0.3 is 10.1 Å². The molecule has 0 saturated heterocycles. The minimum absolute atomic E-state index is 0.0218. The van der Waals surface area contributed by atoms with Gasteiger partial charge in [0.2, 0.25) is 0 Å². The lowest BCUT2D eigenvalue weighted by Gasteiger charge is -2.35. The van der Waals surface area contributed by atoms with Gasteiger partial charge in [-0.25, -0.2) is 0 Å². The Morgan fingerprint density at radius 1 is 1.33 bits per heavy atom. The van der Waals surface area contributed by atoms with Gasteiger partial charge in [-0.1, -0.05) is 26.7 Å². The summed E-state index contributed by atoms with van der Waals surface area (Å²) < 4.78 is 5.55. The van der Waals surface area contributed by atoms with Crippen LogP contribution in [0.1, 0.15) is 66.2 Å². The molecule has 2 heteroatoms. The summed E-state index contributed by atoms with van der Waals surface area (Å²) in [4.78, 5) is 0. The van der Waals surface area contributed by atoms with Crippen LogP contribution in [0.25, 0.3) is 0 Å². The Morgan fingerprint density at radius 3 is 2.61 bits per heavy atom. The van der Waals surface area contributed by atoms with Crippen molar-refractivity contribution < 1.29 is 4.74 Å². The van der Waals surface area contributed by atoms with Crippen molar-refractivity contribution in [1.82, 2.24) is 5.32 Å². The molecule has 0 amide bonds. The summed E-state index contributed by atoms with van der Waals surface area (Å²) in [5, 5.41) is 3.71. The lowest BCUT2D eigenvalue weighted by molar-refractivity contribution is 0.00923. The van der Waals surface area contributed by atoms with Gasteiger partial charge in [0.1, 0.15) is 0 Å². The number of ether oxygens (including phenoxy) is 1. The van der Waals surface area contributed by atoms with E-state index in [1.54, 1.807) is 0 Å². The first-order valence-corrected chi connectivity index (χ1v) is 7.77. The van der Waals surface area contributed by atoms with Gasteiger partial charge in [-0.2, -0.15) is 0 Å². The Morgan fingerprint density at radius 2 is 2.06 bits per heavy atom. The van der Waals surface area contributed by atoms with Crippen LogP contribution >= 0.6 is 0 Å². The molecule has 0 heterocycles. The summed E-state index contributed by atoms with van der Waals surface area (Å²) in [5.41, 5.74) is 0.0218. The Balaban J connectivity index is 2.48. The van der Waals surface area contributed by atoms with Crippen LogP contribution in [-0.2, 0) is 4.74 Å². The first-order chi connectivity index (χ1) is 8.48. The molecule has 18 heavy (non-hydrogen) atoms. The fourth-order valence-electron chi connectivity index (χ4n) is 3.22. The zero-order valence-corrected chi connectivity index (χ0v) is 13.1. The van der Waals surface area contributed by atoms with Crippen molar-refractivity contribution >= 4 is 0 Å². The van der Waals surface area contributed by atoms with Gasteiger partial charge in [0, 0.05) is 13.2 Å². The number of nitrogens with one attached hydrogen (secondary N) is 1. The van der Waals surface area contributed by atoms with Crippen molar-refractivity contribution in [3.05, 3.63) is 0 Å². The molecule has 0 aromatic carbocycles. The second-order valence-electron chi connectivity index (χ2n) is 6.70. The number of hydrogen-bond acceptors (Lipinski definition) is 2. The van der Waals surface area contributed by atoms with Crippen molar-refractivity contribution in [2.45, 2.75) is 77.9 Å². The van der Waals surface area contributed by atoms with Gasteiger partial charge in [-0.3, -0.25) is 0 Å². The molecule has 0 radical (unpaired) electrons. The largest absolute Gasteiger partial charge is 0.379 e. The second kappa shape index (κ2) is 7.49. The monoisotopic (exact) mass is 255 g/mol. The van der Waals surface area contributed by atoms with Crippen LogP contribution in [0, 0.1) is 11.8 Å². The van der Waals surface area contributed by atoms with E-state index < -0.39 is 0 Å². The topological polar surface area (TPSA) is 21.3 Å². The number of methoxy groups -OCH3 is 1. The summed E-state index contributed by atoms with van der Waals surface area (Å²) >= 11 is 0. The Labute approximate surface area is 114 Å². The third-order valence-corrected chi connectivity index (χ3v) is 4.62. The molecule has 1 N–H and O–H groups in total. The fourth-order valence-corrected chi connectivity index (χ4v) is 3.22. The van der Waals surface area contributed by atoms with Crippen LogP contribution in [-0.4, -0.2) is 25.3 Å². The molecule has 1 rings (SSSR count). The molecular formula is C16H33NO. The van der Waals surface area contributed by atoms with Crippen LogP contribution in [0.5, 0.6) is 0 Å². The standard InChI is InChI=1S/C16H33NO/c1-6-17-15(10-11-16(3,4)18-5)14-9-7-8-13(2)12-14/h13-15,17H,6-12H2,1-5H3. The van der Waals surface area contributed by atoms with Crippen LogP contribution < -0.4 is 5.32 Å². The van der Waals surface area contributed by atoms with Gasteiger partial charge in [0.25, 0.3) is 0 Å². The Kier molecular flexibility index (Phi) is 6.65. The normalized spacial score (nSPS) is 27.2. The molecular weight excluding hydrogens is 222 g/mol. The molecule has 2 nitrogen and oxygen atoms in total. The molecule has 0 bridgehead atoms. The third kappa shape index (κ3) is 5.27. The molecule has 0 aromatic heterocycles. The average Bonchev–Trinajstić information content (AvgIpc) is 2.34. The fraction of sp³-hybridized carbons (Fsp3) is 1.00. The van der Waals surface area contributed by atoms with Crippen LogP contribution in [0.2, 0.25) is 0 Å². The first-order valence-electron chi connectivity index (χ1n) is 7.77. The minimum atomic E-state index is 0.0218. The summed E-state index contributed by atoms with van der Waals surface area (Å²) in [5.74, 6) is 1.79. The van der Waals surface area contributed by atoms with E-state index >= 15 is 0 Å². The average molecular weight is 255 g/mol. The van der Waals surface area contributed by atoms with Gasteiger partial charge in [0.05, 0.1) is 5.60 Å². The SMILES string of the molecule is CCNC(CCC(C)(C)OC)C1CCCC(C)C1. The highest BCUT2D eigenvalue weighted by Crippen LogP contribution is 2.33. The molecule has 0 aromatic rings. The maximum absolute atomic E-state index is 5.55. The predicted octanol–water partition coefficient (Wildman–Crippen LogP) is 4.00. The van der Waals surface area contributed by atoms with Gasteiger partial charge >= 0.3 is 0 Å². The quantitative estimate of drug-likeness (QED) is 0.742. The smallest absolute Gasteiger partial charge is 0.0623 e. The zero-order chi connectivity index (χ0) is 13.6. The summed E-state index contributed by atoms with van der Waals surface area (Å²) in [7, 11) is 1.82. The Bertz CT molecular complexity index is 227. The van der Waals surface area contributed by atoms with E-state index in [9.17, 15) is 0 Å². The van der Waals surface area contributed by atoms with E-state index in [1.807, 2.05) is 7.11 Å². The van der Waals surface area contributed by atoms with Gasteiger partial charge in [0.15, 0.2) is 0 Å². The molecule has 1 saturated carbocycles. The zero-order valence-electron chi connectivity index (χ0n) is 13.1. The molecule has 0 spiro atoms. The predicted molar refractivity (Wildman–Crippen MR) is 78.9 cm³/mol. The van der Waals surface area contributed by atoms with E-state index in [0.717, 1.165) is 24.8 Å². The molecule has 1 aliphatic carbocycles. The maximum Gasteiger partial charge on any atom is 0.0623 e. The minimum Gasteiger partial charge on any atom is -0.379 e. The molecule has 1 aliphatic rings. The number of rotatable bonds is 7. The van der Waals surface area contributed by atoms with Crippen LogP contribution in [0.15, 0.2) is 0 Å². The van der Waals surface area contributed by atoms with Crippen molar-refractivity contribution in [1.29, 1.82) is 0 Å². The summed E-state index contributed by atoms with van der Waals surface area (Å²) in [6.45, 7) is 10.1. The van der Waals surface area contributed by atoms with E-state index in [2.05, 4.69) is 33.0 Å². The van der Waals surface area contributed by atoms with E-state index in [1.165, 1.54) is 32.1 Å². The summed E-state index contributed by atoms with van der Waals surface area (Å²) in [6.07, 6.45) is 8.05. The van der Waals surface area contributed by atoms with E-state index in [4.69, 9.17) is 4.74 Å². The van der Waals surface area contributed by atoms with Crippen molar-refractivity contribution in [2.75, 3.05) is 13.7 Å². The number of hydrogen-bond donors (Lipinski definition) is 1. The van der Waals surface area contributed by atoms with Crippen LogP contribution in [0.3, 0.4) is 0 Å². The molecule has 3 unspecified atom stereocenters. The molecule has 108 valence electrons. The molecule has 3 atom stereocenters. The molecule has 1 fully saturated rings. The second-order valence-corrected chi connectivity index (χ2v) is 6.70. The van der Waals surface area contributed by atoms with E-state index in [-0.39, 0.29) is 5.60 Å². The van der Waals surface area contributed by atoms with Crippen molar-refractivity contribution in [3.8, 4) is 0 Å². The van der Waals surface area contributed by atoms with Crippen LogP contribution in [0.4, 0.5) is 0 Å². The first kappa shape index (κ1) is 16.0. The highest BCUT2D eigenvalue weighted by atomic mass is 16.5. The maximum atomic E-state index is 5.55. The van der Waals surface area contributed by atoms with Crippen molar-refractivity contribution in [2.24, 2.45) is 11.8 Å². The third-order valence-electron chi connectivity index (χ3n) is 4.62. The lowest BCUT2D eigenvalue weighted by Crippen LogP contribution is -2.40. The highest BCUT2D eigenvalue weighted by Gasteiger charge is 2.28. The highest BCUT2D eigenvalue weighted by molar-refractivity contribution is 4.83. The van der Waals surface area contributed by atoms with E-state index in [0.29, 0.717) is 6.04 Å². The lowest BCUT2D eigenvalue weighted by atomic mass is 9.77. The van der Waals surface area contributed by atoms with Gasteiger partial charge in [-0.05, 0) is 57.9 Å². The van der Waals surface area contributed by atoms with Gasteiger partial charge in [-0.15, -0.1) is 0 Å². The van der Waals surface area contributed by atoms with Crippen molar-refractivity contribution in [3.63, 3.8) is 0 Å². The molecule has 0 aliphatic heterocycles.